The summed E-state index contributed by atoms with van der Waals surface area (Å²) in [5, 5.41) is 17.5. The molecule has 0 aromatic carbocycles. The summed E-state index contributed by atoms with van der Waals surface area (Å²) in [6.45, 7) is 3.15. The minimum atomic E-state index is -1.49. The van der Waals surface area contributed by atoms with E-state index in [2.05, 4.69) is 0 Å². The summed E-state index contributed by atoms with van der Waals surface area (Å²) in [5.74, 6) is -1.89. The first-order chi connectivity index (χ1) is 6.99. The highest BCUT2D eigenvalue weighted by atomic mass is 16.5. The minimum absolute atomic E-state index is 0.00146. The van der Waals surface area contributed by atoms with E-state index >= 15 is 0 Å². The number of aliphatic carboxylic acids is 1. The van der Waals surface area contributed by atoms with Crippen molar-refractivity contribution >= 4 is 11.9 Å². The number of aliphatic hydroxyl groups is 1. The average molecular weight is 218 g/mol. The van der Waals surface area contributed by atoms with Gasteiger partial charge in [-0.3, -0.25) is 9.59 Å². The molecule has 88 valence electrons. The number of rotatable bonds is 7. The number of hydrogen-bond acceptors (Lipinski definition) is 4. The molecule has 15 heavy (non-hydrogen) atoms. The zero-order chi connectivity index (χ0) is 11.9. The number of carboxylic acids is 1. The van der Waals surface area contributed by atoms with E-state index in [4.69, 9.17) is 14.9 Å². The van der Waals surface area contributed by atoms with Crippen LogP contribution in [0.15, 0.2) is 0 Å². The number of unbranched alkanes of at least 4 members (excludes halogenated alkanes) is 1. The van der Waals surface area contributed by atoms with Crippen molar-refractivity contribution in [2.45, 2.75) is 33.1 Å². The molecule has 0 aliphatic heterocycles. The number of aliphatic hydroxyl groups excluding tert-OH is 1. The molecular formula is C10H18O5. The van der Waals surface area contributed by atoms with E-state index in [1.54, 1.807) is 6.92 Å². The lowest BCUT2D eigenvalue weighted by atomic mass is 9.85. The van der Waals surface area contributed by atoms with Crippen LogP contribution in [0.4, 0.5) is 0 Å². The monoisotopic (exact) mass is 218 g/mol. The second-order valence-electron chi connectivity index (χ2n) is 3.54. The first-order valence-electron chi connectivity index (χ1n) is 5.00. The third-order valence-electron chi connectivity index (χ3n) is 2.28. The highest BCUT2D eigenvalue weighted by molar-refractivity contribution is 5.98. The summed E-state index contributed by atoms with van der Waals surface area (Å²) in [6.07, 6.45) is 1.15. The number of ether oxygens (including phenoxy) is 1. The van der Waals surface area contributed by atoms with Crippen LogP contribution >= 0.6 is 0 Å². The van der Waals surface area contributed by atoms with Crippen molar-refractivity contribution in [1.29, 1.82) is 0 Å². The van der Waals surface area contributed by atoms with Crippen LogP contribution in [0.5, 0.6) is 0 Å². The molecule has 0 radical (unpaired) electrons. The molecule has 1 unspecified atom stereocenters. The maximum absolute atomic E-state index is 11.4. The van der Waals surface area contributed by atoms with Gasteiger partial charge in [-0.1, -0.05) is 0 Å². The Morgan fingerprint density at radius 2 is 1.93 bits per heavy atom. The summed E-state index contributed by atoms with van der Waals surface area (Å²) < 4.78 is 4.72. The SMILES string of the molecule is CCOC(=O)C(C)(CCCCO)C(=O)O. The molecule has 0 fully saturated rings. The van der Waals surface area contributed by atoms with Crippen molar-refractivity contribution < 1.29 is 24.5 Å². The van der Waals surface area contributed by atoms with Crippen LogP contribution in [-0.2, 0) is 14.3 Å². The van der Waals surface area contributed by atoms with Crippen molar-refractivity contribution in [3.8, 4) is 0 Å². The van der Waals surface area contributed by atoms with Gasteiger partial charge in [-0.2, -0.15) is 0 Å². The van der Waals surface area contributed by atoms with Gasteiger partial charge in [-0.15, -0.1) is 0 Å². The van der Waals surface area contributed by atoms with Crippen LogP contribution < -0.4 is 0 Å². The van der Waals surface area contributed by atoms with Gasteiger partial charge in [0.25, 0.3) is 0 Å². The molecule has 0 aromatic heterocycles. The van der Waals surface area contributed by atoms with Gasteiger partial charge in [-0.25, -0.2) is 0 Å². The molecule has 0 saturated heterocycles. The lowest BCUT2D eigenvalue weighted by Crippen LogP contribution is -2.38. The number of carbonyl (C=O) groups is 2. The molecule has 0 rings (SSSR count). The fraction of sp³-hybridized carbons (Fsp3) is 0.800. The van der Waals surface area contributed by atoms with Crippen molar-refractivity contribution in [3.05, 3.63) is 0 Å². The van der Waals surface area contributed by atoms with E-state index in [-0.39, 0.29) is 19.6 Å². The van der Waals surface area contributed by atoms with E-state index in [1.165, 1.54) is 6.92 Å². The zero-order valence-corrected chi connectivity index (χ0v) is 9.15. The zero-order valence-electron chi connectivity index (χ0n) is 9.15. The molecule has 0 saturated carbocycles. The molecule has 0 heterocycles. The van der Waals surface area contributed by atoms with Crippen molar-refractivity contribution in [1.82, 2.24) is 0 Å². The summed E-state index contributed by atoms with van der Waals surface area (Å²) in [6, 6.07) is 0. The molecule has 5 heteroatoms. The minimum Gasteiger partial charge on any atom is -0.480 e. The van der Waals surface area contributed by atoms with Crippen molar-refractivity contribution in [2.24, 2.45) is 5.41 Å². The van der Waals surface area contributed by atoms with Gasteiger partial charge < -0.3 is 14.9 Å². The molecule has 0 aliphatic rings. The van der Waals surface area contributed by atoms with Gasteiger partial charge >= 0.3 is 11.9 Å². The summed E-state index contributed by atoms with van der Waals surface area (Å²) in [7, 11) is 0. The molecule has 5 nitrogen and oxygen atoms in total. The maximum Gasteiger partial charge on any atom is 0.323 e. The molecule has 0 aliphatic carbocycles. The second-order valence-corrected chi connectivity index (χ2v) is 3.54. The van der Waals surface area contributed by atoms with Crippen LogP contribution in [0, 0.1) is 5.41 Å². The molecule has 0 bridgehead atoms. The van der Waals surface area contributed by atoms with E-state index in [9.17, 15) is 9.59 Å². The van der Waals surface area contributed by atoms with E-state index in [0.717, 1.165) is 0 Å². The standard InChI is InChI=1S/C10H18O5/c1-3-15-9(14)10(2,8(12)13)6-4-5-7-11/h11H,3-7H2,1-2H3,(H,12,13). The van der Waals surface area contributed by atoms with Gasteiger partial charge in [0.2, 0.25) is 0 Å². The third-order valence-corrected chi connectivity index (χ3v) is 2.28. The lowest BCUT2D eigenvalue weighted by molar-refractivity contribution is -0.167. The quantitative estimate of drug-likeness (QED) is 0.375. The molecule has 0 spiro atoms. The molecule has 1 atom stereocenters. The molecular weight excluding hydrogens is 200 g/mol. The lowest BCUT2D eigenvalue weighted by Gasteiger charge is -2.22. The Labute approximate surface area is 89.0 Å². The molecule has 0 aromatic rings. The van der Waals surface area contributed by atoms with Gasteiger partial charge in [0.15, 0.2) is 5.41 Å². The predicted octanol–water partition coefficient (Wildman–Crippen LogP) is 0.803. The van der Waals surface area contributed by atoms with Crippen LogP contribution in [0.1, 0.15) is 33.1 Å². The summed E-state index contributed by atoms with van der Waals surface area (Å²) in [4.78, 5) is 22.4. The highest BCUT2D eigenvalue weighted by Gasteiger charge is 2.42. The van der Waals surface area contributed by atoms with Gasteiger partial charge in [0, 0.05) is 6.61 Å². The Morgan fingerprint density at radius 3 is 2.33 bits per heavy atom. The second kappa shape index (κ2) is 6.40. The largest absolute Gasteiger partial charge is 0.480 e. The van der Waals surface area contributed by atoms with Crippen LogP contribution in [0.2, 0.25) is 0 Å². The normalized spacial score (nSPS) is 14.3. The smallest absolute Gasteiger partial charge is 0.323 e. The Bertz CT molecular complexity index is 226. The van der Waals surface area contributed by atoms with E-state index in [0.29, 0.717) is 12.8 Å². The number of carbonyl (C=O) groups excluding carboxylic acids is 1. The third kappa shape index (κ3) is 3.87. The van der Waals surface area contributed by atoms with E-state index in [1.807, 2.05) is 0 Å². The average Bonchev–Trinajstić information content (AvgIpc) is 2.18. The maximum atomic E-state index is 11.4. The predicted molar refractivity (Wildman–Crippen MR) is 53.3 cm³/mol. The first kappa shape index (κ1) is 13.9. The van der Waals surface area contributed by atoms with E-state index < -0.39 is 17.4 Å². The Balaban J connectivity index is 4.44. The van der Waals surface area contributed by atoms with Gasteiger partial charge in [0.05, 0.1) is 6.61 Å². The fourth-order valence-corrected chi connectivity index (χ4v) is 1.18. The summed E-state index contributed by atoms with van der Waals surface area (Å²) >= 11 is 0. The number of carboxylic acid groups (broad SMARTS) is 1. The van der Waals surface area contributed by atoms with Crippen molar-refractivity contribution in [3.63, 3.8) is 0 Å². The highest BCUT2D eigenvalue weighted by Crippen LogP contribution is 2.26. The Morgan fingerprint density at radius 1 is 1.33 bits per heavy atom. The summed E-state index contributed by atoms with van der Waals surface area (Å²) in [5.41, 5.74) is -1.49. The van der Waals surface area contributed by atoms with Crippen LogP contribution in [-0.4, -0.2) is 35.4 Å². The number of hydrogen-bond donors (Lipinski definition) is 2. The van der Waals surface area contributed by atoms with Gasteiger partial charge in [0.1, 0.15) is 0 Å². The Kier molecular flexibility index (Phi) is 5.93. The van der Waals surface area contributed by atoms with Gasteiger partial charge in [-0.05, 0) is 33.1 Å². The fourth-order valence-electron chi connectivity index (χ4n) is 1.18. The Hall–Kier alpha value is -1.10. The van der Waals surface area contributed by atoms with Crippen molar-refractivity contribution in [2.75, 3.05) is 13.2 Å². The number of esters is 1. The molecule has 2 N–H and O–H groups in total. The van der Waals surface area contributed by atoms with Crippen LogP contribution in [0.25, 0.3) is 0 Å². The van der Waals surface area contributed by atoms with Crippen LogP contribution in [0.3, 0.4) is 0 Å². The molecule has 0 amide bonds. The topological polar surface area (TPSA) is 83.8 Å². The first-order valence-corrected chi connectivity index (χ1v) is 5.00.